The Labute approximate surface area is 131 Å². The van der Waals surface area contributed by atoms with E-state index in [2.05, 4.69) is 44.8 Å². The molecule has 0 aromatic carbocycles. The highest BCUT2D eigenvalue weighted by atomic mass is 32.2. The summed E-state index contributed by atoms with van der Waals surface area (Å²) < 4.78 is 37.1. The van der Waals surface area contributed by atoms with E-state index >= 15 is 0 Å². The minimum absolute atomic E-state index is 0.00604. The lowest BCUT2D eigenvalue weighted by molar-refractivity contribution is -0.0335. The molecule has 1 N–H and O–H groups in total. The Morgan fingerprint density at radius 2 is 1.76 bits per heavy atom. The summed E-state index contributed by atoms with van der Waals surface area (Å²) in [6, 6.07) is 0.319. The second kappa shape index (κ2) is 7.09. The zero-order chi connectivity index (χ0) is 16.3. The predicted molar refractivity (Wildman–Crippen MR) is 84.6 cm³/mol. The first-order valence-corrected chi connectivity index (χ1v) is 8.72. The monoisotopic (exact) mass is 326 g/mol. The second-order valence-electron chi connectivity index (χ2n) is 6.97. The summed E-state index contributed by atoms with van der Waals surface area (Å²) in [6.45, 7) is 13.0. The first-order valence-electron chi connectivity index (χ1n) is 7.73. The summed E-state index contributed by atoms with van der Waals surface area (Å²) in [5, 5.41) is 3.62. The maximum Gasteiger partial charge on any atom is 0.441 e. The molecule has 1 rings (SSSR count). The standard InChI is InChI=1S/C15H29F3N2S/c1-6-14(7-2)11-19-12(13(3,4)5)10-20(14)8-9-21-15(16,17)18/h12,19H,6-11H2,1-5H3. The van der Waals surface area contributed by atoms with E-state index in [1.54, 1.807) is 0 Å². The summed E-state index contributed by atoms with van der Waals surface area (Å²) in [5.41, 5.74) is -4.02. The molecule has 1 fully saturated rings. The molecule has 0 aliphatic carbocycles. The molecule has 0 bridgehead atoms. The van der Waals surface area contributed by atoms with Gasteiger partial charge in [0.05, 0.1) is 0 Å². The van der Waals surface area contributed by atoms with Crippen molar-refractivity contribution in [2.75, 3.05) is 25.4 Å². The number of piperazine rings is 1. The Bertz CT molecular complexity index is 322. The molecule has 21 heavy (non-hydrogen) atoms. The van der Waals surface area contributed by atoms with Gasteiger partial charge in [-0.15, -0.1) is 0 Å². The van der Waals surface area contributed by atoms with Gasteiger partial charge in [-0.25, -0.2) is 0 Å². The molecule has 0 spiro atoms. The van der Waals surface area contributed by atoms with Crippen LogP contribution in [0.25, 0.3) is 0 Å². The lowest BCUT2D eigenvalue weighted by Gasteiger charge is -2.52. The third kappa shape index (κ3) is 5.32. The molecular weight excluding hydrogens is 297 g/mol. The fraction of sp³-hybridized carbons (Fsp3) is 1.00. The minimum atomic E-state index is -4.13. The van der Waals surface area contributed by atoms with Crippen molar-refractivity contribution in [3.63, 3.8) is 0 Å². The molecule has 0 radical (unpaired) electrons. The number of alkyl halides is 3. The Morgan fingerprint density at radius 3 is 2.19 bits per heavy atom. The average Bonchev–Trinajstić information content (AvgIpc) is 2.36. The molecule has 1 aliphatic heterocycles. The molecule has 1 atom stereocenters. The average molecular weight is 326 g/mol. The van der Waals surface area contributed by atoms with Crippen LogP contribution in [0.5, 0.6) is 0 Å². The van der Waals surface area contributed by atoms with Crippen LogP contribution in [0.2, 0.25) is 0 Å². The summed E-state index contributed by atoms with van der Waals surface area (Å²) in [4.78, 5) is 2.29. The van der Waals surface area contributed by atoms with Crippen LogP contribution in [0.4, 0.5) is 13.2 Å². The van der Waals surface area contributed by atoms with Crippen LogP contribution < -0.4 is 5.32 Å². The van der Waals surface area contributed by atoms with Crippen LogP contribution in [0.3, 0.4) is 0 Å². The van der Waals surface area contributed by atoms with Gasteiger partial charge in [-0.3, -0.25) is 4.90 Å². The maximum atomic E-state index is 12.4. The highest BCUT2D eigenvalue weighted by molar-refractivity contribution is 8.00. The molecule has 1 saturated heterocycles. The molecule has 0 aromatic heterocycles. The normalized spacial score (nSPS) is 24.3. The van der Waals surface area contributed by atoms with Crippen molar-refractivity contribution < 1.29 is 13.2 Å². The van der Waals surface area contributed by atoms with E-state index in [4.69, 9.17) is 0 Å². The Balaban J connectivity index is 2.74. The van der Waals surface area contributed by atoms with E-state index in [1.165, 1.54) is 0 Å². The number of thioether (sulfide) groups is 1. The van der Waals surface area contributed by atoms with Gasteiger partial charge in [0.25, 0.3) is 0 Å². The van der Waals surface area contributed by atoms with Crippen molar-refractivity contribution in [3.8, 4) is 0 Å². The number of rotatable bonds is 5. The number of hydrogen-bond donors (Lipinski definition) is 1. The smallest absolute Gasteiger partial charge is 0.310 e. The largest absolute Gasteiger partial charge is 0.441 e. The number of nitrogens with zero attached hydrogens (tertiary/aromatic N) is 1. The number of nitrogens with one attached hydrogen (secondary N) is 1. The highest BCUT2D eigenvalue weighted by Crippen LogP contribution is 2.34. The third-order valence-electron chi connectivity index (χ3n) is 4.74. The molecular formula is C15H29F3N2S. The van der Waals surface area contributed by atoms with E-state index in [9.17, 15) is 13.2 Å². The van der Waals surface area contributed by atoms with Crippen LogP contribution in [0, 0.1) is 5.41 Å². The number of hydrogen-bond acceptors (Lipinski definition) is 3. The summed E-state index contributed by atoms with van der Waals surface area (Å²) >= 11 is 0.0956. The van der Waals surface area contributed by atoms with Crippen molar-refractivity contribution >= 4 is 11.8 Å². The second-order valence-corrected chi connectivity index (χ2v) is 8.13. The van der Waals surface area contributed by atoms with E-state index < -0.39 is 5.51 Å². The molecule has 1 aliphatic rings. The van der Waals surface area contributed by atoms with Gasteiger partial charge in [0, 0.05) is 37.0 Å². The quantitative estimate of drug-likeness (QED) is 0.818. The summed E-state index contributed by atoms with van der Waals surface area (Å²) in [6.07, 6.45) is 1.92. The fourth-order valence-corrected chi connectivity index (χ4v) is 3.57. The van der Waals surface area contributed by atoms with Crippen molar-refractivity contribution in [1.29, 1.82) is 0 Å². The van der Waals surface area contributed by atoms with Gasteiger partial charge in [-0.1, -0.05) is 34.6 Å². The zero-order valence-corrected chi connectivity index (χ0v) is 14.6. The molecule has 1 heterocycles. The van der Waals surface area contributed by atoms with Crippen LogP contribution in [0.15, 0.2) is 0 Å². The first kappa shape index (κ1) is 19.1. The highest BCUT2D eigenvalue weighted by Gasteiger charge is 2.42. The lowest BCUT2D eigenvalue weighted by Crippen LogP contribution is -2.67. The van der Waals surface area contributed by atoms with Crippen LogP contribution in [-0.2, 0) is 0 Å². The van der Waals surface area contributed by atoms with Gasteiger partial charge in [0.1, 0.15) is 0 Å². The lowest BCUT2D eigenvalue weighted by atomic mass is 9.80. The van der Waals surface area contributed by atoms with Crippen molar-refractivity contribution in [3.05, 3.63) is 0 Å². The van der Waals surface area contributed by atoms with Gasteiger partial charge in [-0.05, 0) is 30.0 Å². The van der Waals surface area contributed by atoms with Gasteiger partial charge in [-0.2, -0.15) is 13.2 Å². The van der Waals surface area contributed by atoms with Crippen LogP contribution >= 0.6 is 11.8 Å². The van der Waals surface area contributed by atoms with Gasteiger partial charge in [0.2, 0.25) is 0 Å². The van der Waals surface area contributed by atoms with E-state index in [-0.39, 0.29) is 28.5 Å². The SMILES string of the molecule is CCC1(CC)CNC(C(C)(C)C)CN1CCSC(F)(F)F. The van der Waals surface area contributed by atoms with Gasteiger partial charge < -0.3 is 5.32 Å². The minimum Gasteiger partial charge on any atom is -0.310 e. The Hall–Kier alpha value is 0.0600. The summed E-state index contributed by atoms with van der Waals surface area (Å²) in [7, 11) is 0. The Kier molecular flexibility index (Phi) is 6.45. The molecule has 0 amide bonds. The van der Waals surface area contributed by atoms with E-state index in [1.807, 2.05) is 0 Å². The molecule has 6 heteroatoms. The topological polar surface area (TPSA) is 15.3 Å². The van der Waals surface area contributed by atoms with E-state index in [0.29, 0.717) is 12.6 Å². The molecule has 1 unspecified atom stereocenters. The Morgan fingerprint density at radius 1 is 1.19 bits per heavy atom. The third-order valence-corrected chi connectivity index (χ3v) is 5.45. The first-order chi connectivity index (χ1) is 9.54. The van der Waals surface area contributed by atoms with E-state index in [0.717, 1.165) is 25.9 Å². The summed E-state index contributed by atoms with van der Waals surface area (Å²) in [5.74, 6) is 0.113. The van der Waals surface area contributed by atoms with Crippen molar-refractivity contribution in [2.24, 2.45) is 5.41 Å². The molecule has 0 aromatic rings. The van der Waals surface area contributed by atoms with Crippen LogP contribution in [-0.4, -0.2) is 47.4 Å². The van der Waals surface area contributed by atoms with Crippen molar-refractivity contribution in [2.45, 2.75) is 64.5 Å². The number of halogens is 3. The predicted octanol–water partition coefficient (Wildman–Crippen LogP) is 4.12. The van der Waals surface area contributed by atoms with Crippen molar-refractivity contribution in [1.82, 2.24) is 10.2 Å². The van der Waals surface area contributed by atoms with Gasteiger partial charge >= 0.3 is 5.51 Å². The molecule has 126 valence electrons. The zero-order valence-electron chi connectivity index (χ0n) is 13.8. The van der Waals surface area contributed by atoms with Gasteiger partial charge in [0.15, 0.2) is 0 Å². The molecule has 0 saturated carbocycles. The molecule has 2 nitrogen and oxygen atoms in total. The van der Waals surface area contributed by atoms with Crippen LogP contribution in [0.1, 0.15) is 47.5 Å². The maximum absolute atomic E-state index is 12.4. The fourth-order valence-electron chi connectivity index (χ4n) is 3.03.